The molecule has 5 heteroatoms. The largest absolute Gasteiger partial charge is 0.507 e. The molecule has 76 valence electrons. The molecule has 0 unspecified atom stereocenters. The van der Waals surface area contributed by atoms with Crippen molar-refractivity contribution >= 4 is 22.1 Å². The molecule has 0 amide bonds. The summed E-state index contributed by atoms with van der Waals surface area (Å²) in [6.45, 7) is 0.424. The van der Waals surface area contributed by atoms with Crippen LogP contribution in [0.15, 0.2) is 27.8 Å². The van der Waals surface area contributed by atoms with E-state index in [1.807, 2.05) is 0 Å². The predicted octanol–water partition coefficient (Wildman–Crippen LogP) is 1.07. The molecule has 0 radical (unpaired) electrons. The molecule has 1 aromatic carbocycles. The molecule has 0 spiro atoms. The summed E-state index contributed by atoms with van der Waals surface area (Å²) < 4.78 is 0.874. The zero-order chi connectivity index (χ0) is 10.4. The first kappa shape index (κ1) is 11.0. The van der Waals surface area contributed by atoms with Crippen LogP contribution in [0.5, 0.6) is 5.75 Å². The van der Waals surface area contributed by atoms with Gasteiger partial charge in [0.25, 0.3) is 0 Å². The fourth-order valence-corrected chi connectivity index (χ4v) is 1.24. The number of rotatable bonds is 4. The zero-order valence-electron chi connectivity index (χ0n) is 7.44. The minimum absolute atomic E-state index is 0.0296. The van der Waals surface area contributed by atoms with Gasteiger partial charge in [-0.3, -0.25) is 0 Å². The Labute approximate surface area is 90.4 Å². The number of phenolic OH excluding ortho intramolecular Hbond substituents is 1. The highest BCUT2D eigenvalue weighted by Gasteiger charge is 1.97. The number of aliphatic hydroxyl groups is 1. The van der Waals surface area contributed by atoms with E-state index in [-0.39, 0.29) is 12.4 Å². The lowest BCUT2D eigenvalue weighted by atomic mass is 10.2. The minimum Gasteiger partial charge on any atom is -0.507 e. The highest BCUT2D eigenvalue weighted by atomic mass is 79.9. The van der Waals surface area contributed by atoms with Gasteiger partial charge in [-0.15, -0.1) is 0 Å². The Kier molecular flexibility index (Phi) is 4.42. The molecule has 0 aliphatic heterocycles. The smallest absolute Gasteiger partial charge is 0.124 e. The Morgan fingerprint density at radius 3 is 3.00 bits per heavy atom. The fourth-order valence-electron chi connectivity index (χ4n) is 0.859. The molecule has 0 saturated heterocycles. The van der Waals surface area contributed by atoms with Gasteiger partial charge in [-0.1, -0.05) is 15.9 Å². The van der Waals surface area contributed by atoms with Crippen LogP contribution in [0.3, 0.4) is 0 Å². The molecular weight excluding hydrogens is 248 g/mol. The average Bonchev–Trinajstić information content (AvgIpc) is 2.18. The lowest BCUT2D eigenvalue weighted by molar-refractivity contribution is 0.294. The summed E-state index contributed by atoms with van der Waals surface area (Å²) >= 11 is 3.29. The van der Waals surface area contributed by atoms with Crippen LogP contribution in [0.1, 0.15) is 5.56 Å². The fraction of sp³-hybridized carbons (Fsp3) is 0.222. The Hall–Kier alpha value is -1.07. The van der Waals surface area contributed by atoms with Crippen molar-refractivity contribution in [2.45, 2.75) is 0 Å². The number of phenols is 1. The highest BCUT2D eigenvalue weighted by Crippen LogP contribution is 2.19. The van der Waals surface area contributed by atoms with Crippen LogP contribution < -0.4 is 5.43 Å². The summed E-state index contributed by atoms with van der Waals surface area (Å²) in [5, 5.41) is 21.7. The molecule has 0 atom stereocenters. The van der Waals surface area contributed by atoms with E-state index >= 15 is 0 Å². The molecule has 14 heavy (non-hydrogen) atoms. The lowest BCUT2D eigenvalue weighted by Gasteiger charge is -1.99. The summed E-state index contributed by atoms with van der Waals surface area (Å²) in [4.78, 5) is 0. The molecular formula is C9H11BrN2O2. The average molecular weight is 259 g/mol. The molecule has 0 aliphatic rings. The second-order valence-electron chi connectivity index (χ2n) is 2.59. The number of hydrogen-bond acceptors (Lipinski definition) is 4. The maximum Gasteiger partial charge on any atom is 0.124 e. The maximum atomic E-state index is 9.40. The SMILES string of the molecule is OCCN/N=C\c1cc(Br)ccc1O. The van der Waals surface area contributed by atoms with Crippen molar-refractivity contribution in [3.63, 3.8) is 0 Å². The second-order valence-corrected chi connectivity index (χ2v) is 3.51. The first-order chi connectivity index (χ1) is 6.74. The highest BCUT2D eigenvalue weighted by molar-refractivity contribution is 9.10. The number of aromatic hydroxyl groups is 1. The molecule has 0 saturated carbocycles. The van der Waals surface area contributed by atoms with Crippen molar-refractivity contribution in [3.05, 3.63) is 28.2 Å². The third-order valence-corrected chi connectivity index (χ3v) is 2.00. The van der Waals surface area contributed by atoms with E-state index in [0.717, 1.165) is 4.47 Å². The zero-order valence-corrected chi connectivity index (χ0v) is 9.03. The number of nitrogens with zero attached hydrogens (tertiary/aromatic N) is 1. The summed E-state index contributed by atoms with van der Waals surface area (Å²) in [6, 6.07) is 5.07. The van der Waals surface area contributed by atoms with E-state index in [0.29, 0.717) is 12.1 Å². The molecule has 0 aliphatic carbocycles. The van der Waals surface area contributed by atoms with E-state index in [1.54, 1.807) is 18.2 Å². The number of nitrogens with one attached hydrogen (secondary N) is 1. The Bertz CT molecular complexity index is 329. The topological polar surface area (TPSA) is 64.8 Å². The van der Waals surface area contributed by atoms with Crippen LogP contribution in [0.4, 0.5) is 0 Å². The van der Waals surface area contributed by atoms with Gasteiger partial charge in [0.2, 0.25) is 0 Å². The summed E-state index contributed by atoms with van der Waals surface area (Å²) in [5.41, 5.74) is 3.24. The summed E-state index contributed by atoms with van der Waals surface area (Å²) in [6.07, 6.45) is 1.50. The van der Waals surface area contributed by atoms with Crippen LogP contribution in [-0.4, -0.2) is 29.6 Å². The van der Waals surface area contributed by atoms with Crippen molar-refractivity contribution in [1.82, 2.24) is 5.43 Å². The van der Waals surface area contributed by atoms with Crippen molar-refractivity contribution < 1.29 is 10.2 Å². The maximum absolute atomic E-state index is 9.40. The Balaban J connectivity index is 2.65. The molecule has 0 aromatic heterocycles. The summed E-state index contributed by atoms with van der Waals surface area (Å²) in [7, 11) is 0. The number of halogens is 1. The van der Waals surface area contributed by atoms with E-state index in [4.69, 9.17) is 5.11 Å². The quantitative estimate of drug-likeness (QED) is 0.430. The van der Waals surface area contributed by atoms with E-state index in [9.17, 15) is 5.11 Å². The van der Waals surface area contributed by atoms with Crippen LogP contribution in [0.25, 0.3) is 0 Å². The van der Waals surface area contributed by atoms with Gasteiger partial charge < -0.3 is 15.6 Å². The monoisotopic (exact) mass is 258 g/mol. The normalized spacial score (nSPS) is 10.7. The van der Waals surface area contributed by atoms with Gasteiger partial charge >= 0.3 is 0 Å². The second kappa shape index (κ2) is 5.62. The minimum atomic E-state index is 0.0296. The molecule has 3 N–H and O–H groups in total. The number of benzene rings is 1. The molecule has 0 fully saturated rings. The van der Waals surface area contributed by atoms with E-state index < -0.39 is 0 Å². The number of hydrazone groups is 1. The van der Waals surface area contributed by atoms with E-state index in [1.165, 1.54) is 6.21 Å². The Morgan fingerprint density at radius 2 is 2.29 bits per heavy atom. The van der Waals surface area contributed by atoms with Crippen LogP contribution in [0.2, 0.25) is 0 Å². The Morgan fingerprint density at radius 1 is 1.50 bits per heavy atom. The van der Waals surface area contributed by atoms with Crippen molar-refractivity contribution in [2.24, 2.45) is 5.10 Å². The molecule has 4 nitrogen and oxygen atoms in total. The van der Waals surface area contributed by atoms with Crippen molar-refractivity contribution in [1.29, 1.82) is 0 Å². The van der Waals surface area contributed by atoms with Crippen molar-refractivity contribution in [3.8, 4) is 5.75 Å². The van der Waals surface area contributed by atoms with Gasteiger partial charge in [0.15, 0.2) is 0 Å². The van der Waals surface area contributed by atoms with E-state index in [2.05, 4.69) is 26.5 Å². The van der Waals surface area contributed by atoms with Gasteiger partial charge in [0.05, 0.1) is 19.4 Å². The van der Waals surface area contributed by atoms with Crippen LogP contribution >= 0.6 is 15.9 Å². The summed E-state index contributed by atoms with van der Waals surface area (Å²) in [5.74, 6) is 0.169. The first-order valence-electron chi connectivity index (χ1n) is 4.09. The first-order valence-corrected chi connectivity index (χ1v) is 4.88. The molecule has 1 aromatic rings. The molecule has 0 heterocycles. The van der Waals surface area contributed by atoms with Gasteiger partial charge in [0, 0.05) is 10.0 Å². The van der Waals surface area contributed by atoms with Crippen LogP contribution in [-0.2, 0) is 0 Å². The standard InChI is InChI=1S/C9H11BrN2O2/c10-8-1-2-9(14)7(5-8)6-12-11-3-4-13/h1-2,5-6,11,13-14H,3-4H2/b12-6-. The van der Waals surface area contributed by atoms with Gasteiger partial charge in [0.1, 0.15) is 5.75 Å². The van der Waals surface area contributed by atoms with Crippen molar-refractivity contribution in [2.75, 3.05) is 13.2 Å². The van der Waals surface area contributed by atoms with Gasteiger partial charge in [-0.2, -0.15) is 5.10 Å². The van der Waals surface area contributed by atoms with Crippen LogP contribution in [0, 0.1) is 0 Å². The number of aliphatic hydroxyl groups excluding tert-OH is 1. The lowest BCUT2D eigenvalue weighted by Crippen LogP contribution is -2.11. The third-order valence-electron chi connectivity index (χ3n) is 1.51. The molecule has 1 rings (SSSR count). The number of hydrogen-bond donors (Lipinski definition) is 3. The van der Waals surface area contributed by atoms with Gasteiger partial charge in [-0.25, -0.2) is 0 Å². The predicted molar refractivity (Wildman–Crippen MR) is 58.5 cm³/mol. The van der Waals surface area contributed by atoms with Gasteiger partial charge in [-0.05, 0) is 18.2 Å². The molecule has 0 bridgehead atoms. The third kappa shape index (κ3) is 3.35.